The second-order valence-electron chi connectivity index (χ2n) is 4.84. The van der Waals surface area contributed by atoms with E-state index in [1.165, 1.54) is 12.3 Å². The number of phenols is 1. The molecule has 0 atom stereocenters. The summed E-state index contributed by atoms with van der Waals surface area (Å²) in [5, 5.41) is 14.1. The number of hydrogen-bond acceptors (Lipinski definition) is 4. The number of carbonyl (C=O) groups excluding carboxylic acids is 1. The van der Waals surface area contributed by atoms with Crippen molar-refractivity contribution in [2.24, 2.45) is 5.10 Å². The van der Waals surface area contributed by atoms with Crippen LogP contribution >= 0.6 is 11.6 Å². The van der Waals surface area contributed by atoms with Gasteiger partial charge in [0.1, 0.15) is 11.5 Å². The quantitative estimate of drug-likeness (QED) is 0.650. The second kappa shape index (κ2) is 7.65. The SMILES string of the molecule is CCOc1ccc(C=NNC(=O)c2ccc(C)cc2Cl)c(O)c1. The number of halogens is 1. The van der Waals surface area contributed by atoms with E-state index in [0.717, 1.165) is 5.56 Å². The van der Waals surface area contributed by atoms with Gasteiger partial charge in [0.2, 0.25) is 0 Å². The predicted molar refractivity (Wildman–Crippen MR) is 90.5 cm³/mol. The van der Waals surface area contributed by atoms with Gasteiger partial charge in [-0.3, -0.25) is 4.79 Å². The Morgan fingerprint density at radius 1 is 1.35 bits per heavy atom. The number of hydrogen-bond donors (Lipinski definition) is 2. The number of benzene rings is 2. The summed E-state index contributed by atoms with van der Waals surface area (Å²) >= 11 is 6.03. The molecule has 0 saturated carbocycles. The Morgan fingerprint density at radius 3 is 2.78 bits per heavy atom. The Morgan fingerprint density at radius 2 is 2.13 bits per heavy atom. The lowest BCUT2D eigenvalue weighted by Crippen LogP contribution is -2.18. The van der Waals surface area contributed by atoms with Crippen molar-refractivity contribution in [3.8, 4) is 11.5 Å². The van der Waals surface area contributed by atoms with E-state index >= 15 is 0 Å². The van der Waals surface area contributed by atoms with Gasteiger partial charge in [-0.1, -0.05) is 17.7 Å². The van der Waals surface area contributed by atoms with Crippen LogP contribution in [0.4, 0.5) is 0 Å². The summed E-state index contributed by atoms with van der Waals surface area (Å²) in [5.74, 6) is 0.164. The molecule has 0 radical (unpaired) electrons. The van der Waals surface area contributed by atoms with Crippen molar-refractivity contribution in [2.45, 2.75) is 13.8 Å². The lowest BCUT2D eigenvalue weighted by atomic mass is 10.1. The van der Waals surface area contributed by atoms with E-state index in [-0.39, 0.29) is 5.75 Å². The molecule has 0 aromatic heterocycles. The van der Waals surface area contributed by atoms with Crippen LogP contribution in [-0.4, -0.2) is 23.8 Å². The molecule has 23 heavy (non-hydrogen) atoms. The summed E-state index contributed by atoms with van der Waals surface area (Å²) in [7, 11) is 0. The van der Waals surface area contributed by atoms with Gasteiger partial charge in [-0.2, -0.15) is 5.10 Å². The van der Waals surface area contributed by atoms with Gasteiger partial charge in [0, 0.05) is 11.6 Å². The predicted octanol–water partition coefficient (Wildman–Crippen LogP) is 3.52. The number of amides is 1. The first-order valence-electron chi connectivity index (χ1n) is 7.06. The highest BCUT2D eigenvalue weighted by Gasteiger charge is 2.09. The average molecular weight is 333 g/mol. The molecule has 2 aromatic carbocycles. The van der Waals surface area contributed by atoms with Crippen LogP contribution in [0.2, 0.25) is 5.02 Å². The zero-order chi connectivity index (χ0) is 16.8. The van der Waals surface area contributed by atoms with Crippen molar-refractivity contribution in [1.82, 2.24) is 5.43 Å². The van der Waals surface area contributed by atoms with Crippen molar-refractivity contribution in [3.05, 3.63) is 58.1 Å². The molecule has 2 N–H and O–H groups in total. The average Bonchev–Trinajstić information content (AvgIpc) is 2.49. The van der Waals surface area contributed by atoms with Crippen LogP contribution in [0.1, 0.15) is 28.4 Å². The van der Waals surface area contributed by atoms with Crippen molar-refractivity contribution >= 4 is 23.7 Å². The number of rotatable bonds is 5. The molecule has 0 saturated heterocycles. The van der Waals surface area contributed by atoms with E-state index < -0.39 is 5.91 Å². The molecule has 0 heterocycles. The lowest BCUT2D eigenvalue weighted by Gasteiger charge is -2.05. The zero-order valence-electron chi connectivity index (χ0n) is 12.8. The van der Waals surface area contributed by atoms with Crippen LogP contribution < -0.4 is 10.2 Å². The normalized spacial score (nSPS) is 10.7. The molecule has 0 unspecified atom stereocenters. The molecule has 2 aromatic rings. The Labute approximate surface area is 139 Å². The summed E-state index contributed by atoms with van der Waals surface area (Å²) in [6.07, 6.45) is 1.35. The molecule has 0 aliphatic rings. The first kappa shape index (κ1) is 16.8. The maximum Gasteiger partial charge on any atom is 0.272 e. The zero-order valence-corrected chi connectivity index (χ0v) is 13.6. The molecule has 1 amide bonds. The number of carbonyl (C=O) groups is 1. The standard InChI is InChI=1S/C17H17ClN2O3/c1-3-23-13-6-5-12(16(21)9-13)10-19-20-17(22)14-7-4-11(2)8-15(14)18/h4-10,21H,3H2,1-2H3,(H,20,22). The topological polar surface area (TPSA) is 70.9 Å². The minimum atomic E-state index is -0.420. The fourth-order valence-corrected chi connectivity index (χ4v) is 2.23. The fourth-order valence-electron chi connectivity index (χ4n) is 1.91. The van der Waals surface area contributed by atoms with Crippen LogP contribution in [0, 0.1) is 6.92 Å². The Balaban J connectivity index is 2.05. The fraction of sp³-hybridized carbons (Fsp3) is 0.176. The highest BCUT2D eigenvalue weighted by Crippen LogP contribution is 2.22. The molecule has 2 rings (SSSR count). The van der Waals surface area contributed by atoms with E-state index in [9.17, 15) is 9.90 Å². The maximum absolute atomic E-state index is 12.0. The van der Waals surface area contributed by atoms with Gasteiger partial charge in [0.05, 0.1) is 23.4 Å². The van der Waals surface area contributed by atoms with Crippen LogP contribution in [0.15, 0.2) is 41.5 Å². The summed E-state index contributed by atoms with van der Waals surface area (Å²) in [6.45, 7) is 4.26. The van der Waals surface area contributed by atoms with Gasteiger partial charge in [0.15, 0.2) is 0 Å². The Bertz CT molecular complexity index is 745. The van der Waals surface area contributed by atoms with Crippen LogP contribution in [0.25, 0.3) is 0 Å². The number of aromatic hydroxyl groups is 1. The van der Waals surface area contributed by atoms with E-state index in [1.807, 2.05) is 13.8 Å². The summed E-state index contributed by atoms with van der Waals surface area (Å²) < 4.78 is 5.28. The van der Waals surface area contributed by atoms with Crippen LogP contribution in [-0.2, 0) is 0 Å². The summed E-state index contributed by atoms with van der Waals surface area (Å²) in [5.41, 5.74) is 4.15. The van der Waals surface area contributed by atoms with Crippen LogP contribution in [0.3, 0.4) is 0 Å². The van der Waals surface area contributed by atoms with E-state index in [1.54, 1.807) is 30.3 Å². The molecular weight excluding hydrogens is 316 g/mol. The number of nitrogens with zero attached hydrogens (tertiary/aromatic N) is 1. The molecule has 0 bridgehead atoms. The Kier molecular flexibility index (Phi) is 5.60. The third-order valence-corrected chi connectivity index (χ3v) is 3.36. The van der Waals surface area contributed by atoms with Gasteiger partial charge in [-0.25, -0.2) is 5.43 Å². The smallest absolute Gasteiger partial charge is 0.272 e. The molecular formula is C17H17ClN2O3. The first-order valence-corrected chi connectivity index (χ1v) is 7.44. The number of phenolic OH excluding ortho intramolecular Hbond substituents is 1. The van der Waals surface area contributed by atoms with Crippen molar-refractivity contribution < 1.29 is 14.6 Å². The van der Waals surface area contributed by atoms with E-state index in [0.29, 0.717) is 28.5 Å². The minimum Gasteiger partial charge on any atom is -0.507 e. The number of aryl methyl sites for hydroxylation is 1. The van der Waals surface area contributed by atoms with Gasteiger partial charge < -0.3 is 9.84 Å². The highest BCUT2D eigenvalue weighted by atomic mass is 35.5. The minimum absolute atomic E-state index is 0.0160. The van der Waals surface area contributed by atoms with Crippen molar-refractivity contribution in [2.75, 3.05) is 6.61 Å². The Hall–Kier alpha value is -2.53. The highest BCUT2D eigenvalue weighted by molar-refractivity contribution is 6.33. The second-order valence-corrected chi connectivity index (χ2v) is 5.24. The summed E-state index contributed by atoms with van der Waals surface area (Å²) in [6, 6.07) is 9.99. The third kappa shape index (κ3) is 4.47. The maximum atomic E-state index is 12.0. The molecule has 5 nitrogen and oxygen atoms in total. The number of nitrogens with one attached hydrogen (secondary N) is 1. The first-order chi connectivity index (χ1) is 11.0. The van der Waals surface area contributed by atoms with Gasteiger partial charge in [-0.05, 0) is 43.7 Å². The van der Waals surface area contributed by atoms with E-state index in [2.05, 4.69) is 10.5 Å². The van der Waals surface area contributed by atoms with Gasteiger partial charge in [-0.15, -0.1) is 0 Å². The third-order valence-electron chi connectivity index (χ3n) is 3.05. The van der Waals surface area contributed by atoms with Crippen molar-refractivity contribution in [3.63, 3.8) is 0 Å². The molecule has 0 fully saturated rings. The number of ether oxygens (including phenoxy) is 1. The molecule has 0 aliphatic heterocycles. The largest absolute Gasteiger partial charge is 0.507 e. The van der Waals surface area contributed by atoms with Gasteiger partial charge >= 0.3 is 0 Å². The molecule has 6 heteroatoms. The van der Waals surface area contributed by atoms with Gasteiger partial charge in [0.25, 0.3) is 5.91 Å². The van der Waals surface area contributed by atoms with Crippen LogP contribution in [0.5, 0.6) is 11.5 Å². The van der Waals surface area contributed by atoms with E-state index in [4.69, 9.17) is 16.3 Å². The summed E-state index contributed by atoms with van der Waals surface area (Å²) in [4.78, 5) is 12.0. The monoisotopic (exact) mass is 332 g/mol. The lowest BCUT2D eigenvalue weighted by molar-refractivity contribution is 0.0955. The molecule has 0 aliphatic carbocycles. The molecule has 120 valence electrons. The molecule has 0 spiro atoms. The number of hydrazone groups is 1. The van der Waals surface area contributed by atoms with Crippen molar-refractivity contribution in [1.29, 1.82) is 0 Å².